The number of hydrogen-bond acceptors (Lipinski definition) is 3. The highest BCUT2D eigenvalue weighted by atomic mass is 16.3. The minimum Gasteiger partial charge on any atom is -0.512 e. The molecule has 0 spiro atoms. The number of aldehydes is 1. The van der Waals surface area contributed by atoms with Crippen LogP contribution in [0.3, 0.4) is 0 Å². The van der Waals surface area contributed by atoms with E-state index in [0.29, 0.717) is 30.3 Å². The summed E-state index contributed by atoms with van der Waals surface area (Å²) in [5.74, 6) is 0.108. The first-order valence-electron chi connectivity index (χ1n) is 3.43. The molecule has 0 unspecified atom stereocenters. The van der Waals surface area contributed by atoms with E-state index >= 15 is 0 Å². The van der Waals surface area contributed by atoms with Gasteiger partial charge < -0.3 is 10.2 Å². The van der Waals surface area contributed by atoms with Crippen LogP contribution >= 0.6 is 0 Å². The molecule has 0 fully saturated rings. The van der Waals surface area contributed by atoms with Gasteiger partial charge in [-0.2, -0.15) is 0 Å². The van der Waals surface area contributed by atoms with E-state index in [-0.39, 0.29) is 11.5 Å². The molecular formula is C8H10O3. The van der Waals surface area contributed by atoms with Gasteiger partial charge in [0.05, 0.1) is 5.76 Å². The lowest BCUT2D eigenvalue weighted by molar-refractivity contribution is -0.105. The van der Waals surface area contributed by atoms with Crippen molar-refractivity contribution in [1.82, 2.24) is 0 Å². The number of rotatable bonds is 1. The molecule has 0 atom stereocenters. The highest BCUT2D eigenvalue weighted by Crippen LogP contribution is 2.25. The molecule has 0 saturated carbocycles. The predicted octanol–water partition coefficient (Wildman–Crippen LogP) is 1.62. The Morgan fingerprint density at radius 3 is 2.55 bits per heavy atom. The van der Waals surface area contributed by atoms with Crippen molar-refractivity contribution in [2.75, 3.05) is 0 Å². The maximum Gasteiger partial charge on any atom is 0.149 e. The van der Waals surface area contributed by atoms with E-state index in [1.54, 1.807) is 6.92 Å². The maximum atomic E-state index is 10.3. The fourth-order valence-electron chi connectivity index (χ4n) is 1.05. The van der Waals surface area contributed by atoms with Gasteiger partial charge in [-0.05, 0) is 13.3 Å². The Morgan fingerprint density at radius 1 is 1.36 bits per heavy atom. The molecule has 0 aromatic carbocycles. The van der Waals surface area contributed by atoms with Crippen LogP contribution in [0.1, 0.15) is 19.8 Å². The first-order chi connectivity index (χ1) is 5.16. The second-order valence-electron chi connectivity index (χ2n) is 2.56. The number of carbonyl (C=O) groups excluding carboxylic acids is 1. The van der Waals surface area contributed by atoms with Gasteiger partial charge in [0, 0.05) is 17.6 Å². The van der Waals surface area contributed by atoms with Crippen molar-refractivity contribution in [1.29, 1.82) is 0 Å². The minimum atomic E-state index is -0.0660. The molecule has 2 N–H and O–H groups in total. The summed E-state index contributed by atoms with van der Waals surface area (Å²) in [6.07, 6.45) is 1.51. The van der Waals surface area contributed by atoms with Crippen LogP contribution in [-0.4, -0.2) is 16.5 Å². The number of hydrogen-bond donors (Lipinski definition) is 2. The average molecular weight is 154 g/mol. The molecule has 60 valence electrons. The lowest BCUT2D eigenvalue weighted by Gasteiger charge is -2.13. The van der Waals surface area contributed by atoms with Gasteiger partial charge in [-0.1, -0.05) is 0 Å². The topological polar surface area (TPSA) is 57.5 Å². The van der Waals surface area contributed by atoms with Gasteiger partial charge in [0.2, 0.25) is 0 Å². The second kappa shape index (κ2) is 2.78. The largest absolute Gasteiger partial charge is 0.512 e. The molecular weight excluding hydrogens is 144 g/mol. The van der Waals surface area contributed by atoms with Crippen LogP contribution in [0.5, 0.6) is 0 Å². The Labute approximate surface area is 64.7 Å². The first kappa shape index (κ1) is 7.85. The summed E-state index contributed by atoms with van der Waals surface area (Å²) < 4.78 is 0. The SMILES string of the molecule is CC1=C(O)CCC(C=O)=C1O. The number of aliphatic hydroxyl groups is 2. The highest BCUT2D eigenvalue weighted by Gasteiger charge is 2.16. The second-order valence-corrected chi connectivity index (χ2v) is 2.56. The van der Waals surface area contributed by atoms with Crippen LogP contribution in [0.25, 0.3) is 0 Å². The number of carbonyl (C=O) groups is 1. The van der Waals surface area contributed by atoms with Crippen LogP contribution < -0.4 is 0 Å². The summed E-state index contributed by atoms with van der Waals surface area (Å²) >= 11 is 0. The van der Waals surface area contributed by atoms with Crippen molar-refractivity contribution >= 4 is 6.29 Å². The van der Waals surface area contributed by atoms with E-state index < -0.39 is 0 Å². The molecule has 0 amide bonds. The van der Waals surface area contributed by atoms with Crippen LogP contribution in [0.4, 0.5) is 0 Å². The van der Waals surface area contributed by atoms with Crippen molar-refractivity contribution in [3.8, 4) is 0 Å². The Hall–Kier alpha value is -1.25. The van der Waals surface area contributed by atoms with E-state index in [1.165, 1.54) is 0 Å². The van der Waals surface area contributed by atoms with Crippen molar-refractivity contribution in [3.63, 3.8) is 0 Å². The molecule has 0 radical (unpaired) electrons. The summed E-state index contributed by atoms with van der Waals surface area (Å²) in [6.45, 7) is 1.59. The summed E-state index contributed by atoms with van der Waals surface area (Å²) in [5.41, 5.74) is 0.790. The molecule has 0 heterocycles. The average Bonchev–Trinajstić information content (AvgIpc) is 2.01. The van der Waals surface area contributed by atoms with Gasteiger partial charge in [0.25, 0.3) is 0 Å². The Kier molecular flexibility index (Phi) is 1.98. The monoisotopic (exact) mass is 154 g/mol. The van der Waals surface area contributed by atoms with Crippen LogP contribution in [0.15, 0.2) is 22.7 Å². The lowest BCUT2D eigenvalue weighted by Crippen LogP contribution is -2.04. The quantitative estimate of drug-likeness (QED) is 0.564. The zero-order valence-electron chi connectivity index (χ0n) is 6.29. The fourth-order valence-corrected chi connectivity index (χ4v) is 1.05. The smallest absolute Gasteiger partial charge is 0.149 e. The van der Waals surface area contributed by atoms with E-state index in [0.717, 1.165) is 0 Å². The zero-order valence-corrected chi connectivity index (χ0v) is 6.29. The third-order valence-corrected chi connectivity index (χ3v) is 1.87. The summed E-state index contributed by atoms with van der Waals surface area (Å²) in [5, 5.41) is 18.4. The van der Waals surface area contributed by atoms with Gasteiger partial charge in [-0.3, -0.25) is 4.79 Å². The molecule has 11 heavy (non-hydrogen) atoms. The maximum absolute atomic E-state index is 10.3. The van der Waals surface area contributed by atoms with E-state index in [2.05, 4.69) is 0 Å². The standard InChI is InChI=1S/C8H10O3/c1-5-7(10)3-2-6(4-9)8(5)11/h4,10-11H,2-3H2,1H3. The van der Waals surface area contributed by atoms with E-state index in [4.69, 9.17) is 5.11 Å². The van der Waals surface area contributed by atoms with Gasteiger partial charge in [-0.15, -0.1) is 0 Å². The van der Waals surface area contributed by atoms with Crippen LogP contribution in [-0.2, 0) is 4.79 Å². The predicted molar refractivity (Wildman–Crippen MR) is 40.3 cm³/mol. The summed E-state index contributed by atoms with van der Waals surface area (Å²) in [4.78, 5) is 10.3. The molecule has 0 aliphatic heterocycles. The molecule has 3 nitrogen and oxygen atoms in total. The van der Waals surface area contributed by atoms with Gasteiger partial charge >= 0.3 is 0 Å². The lowest BCUT2D eigenvalue weighted by atomic mass is 9.98. The Bertz CT molecular complexity index is 248. The van der Waals surface area contributed by atoms with Crippen molar-refractivity contribution in [2.45, 2.75) is 19.8 Å². The zero-order chi connectivity index (χ0) is 8.43. The number of allylic oxidation sites excluding steroid dienone is 3. The van der Waals surface area contributed by atoms with Crippen molar-refractivity contribution in [2.24, 2.45) is 0 Å². The Balaban J connectivity index is 3.07. The molecule has 1 rings (SSSR count). The summed E-state index contributed by atoms with van der Waals surface area (Å²) in [6, 6.07) is 0. The fraction of sp³-hybridized carbons (Fsp3) is 0.375. The highest BCUT2D eigenvalue weighted by molar-refractivity contribution is 5.76. The molecule has 0 aromatic heterocycles. The van der Waals surface area contributed by atoms with Crippen LogP contribution in [0, 0.1) is 0 Å². The minimum absolute atomic E-state index is 0.0660. The molecule has 0 bridgehead atoms. The van der Waals surface area contributed by atoms with Crippen molar-refractivity contribution in [3.05, 3.63) is 22.7 Å². The number of aliphatic hydroxyl groups excluding tert-OH is 2. The molecule has 0 saturated heterocycles. The Morgan fingerprint density at radius 2 is 2.00 bits per heavy atom. The molecule has 1 aliphatic carbocycles. The third-order valence-electron chi connectivity index (χ3n) is 1.87. The van der Waals surface area contributed by atoms with Gasteiger partial charge in [-0.25, -0.2) is 0 Å². The summed E-state index contributed by atoms with van der Waals surface area (Å²) in [7, 11) is 0. The van der Waals surface area contributed by atoms with Crippen molar-refractivity contribution < 1.29 is 15.0 Å². The molecule has 0 aromatic rings. The van der Waals surface area contributed by atoms with E-state index in [9.17, 15) is 9.90 Å². The first-order valence-corrected chi connectivity index (χ1v) is 3.43. The third kappa shape index (κ3) is 1.27. The van der Waals surface area contributed by atoms with Gasteiger partial charge in [0.1, 0.15) is 12.0 Å². The molecule has 3 heteroatoms. The van der Waals surface area contributed by atoms with E-state index in [1.807, 2.05) is 0 Å². The molecule has 1 aliphatic rings. The van der Waals surface area contributed by atoms with Crippen LogP contribution in [0.2, 0.25) is 0 Å². The normalized spacial score (nSPS) is 19.0. The van der Waals surface area contributed by atoms with Gasteiger partial charge in [0.15, 0.2) is 0 Å².